The molecule has 3 heteroatoms. The lowest BCUT2D eigenvalue weighted by atomic mass is 9.51. The average Bonchev–Trinajstić information content (AvgIpc) is 2.86. The van der Waals surface area contributed by atoms with Gasteiger partial charge in [0.2, 0.25) is 5.91 Å². The zero-order chi connectivity index (χ0) is 13.0. The van der Waals surface area contributed by atoms with Gasteiger partial charge < -0.3 is 4.90 Å². The molecule has 4 saturated carbocycles. The smallest absolute Gasteiger partial charge is 0.226 e. The second-order valence-electron chi connectivity index (χ2n) is 7.55. The number of hydrogen-bond donors (Lipinski definition) is 0. The van der Waals surface area contributed by atoms with E-state index in [4.69, 9.17) is 0 Å². The van der Waals surface area contributed by atoms with Crippen molar-refractivity contribution in [1.29, 1.82) is 0 Å². The molecule has 0 aromatic rings. The van der Waals surface area contributed by atoms with Gasteiger partial charge in [-0.25, -0.2) is 0 Å². The van der Waals surface area contributed by atoms with E-state index < -0.39 is 0 Å². The molecule has 4 aliphatic carbocycles. The van der Waals surface area contributed by atoms with Crippen LogP contribution in [0.25, 0.3) is 0 Å². The van der Waals surface area contributed by atoms with Crippen LogP contribution in [0.5, 0.6) is 0 Å². The molecule has 19 heavy (non-hydrogen) atoms. The van der Waals surface area contributed by atoms with Crippen molar-refractivity contribution < 1.29 is 4.79 Å². The first-order chi connectivity index (χ1) is 9.24. The molecule has 1 amide bonds. The van der Waals surface area contributed by atoms with Crippen LogP contribution in [0.15, 0.2) is 0 Å². The van der Waals surface area contributed by atoms with Crippen molar-refractivity contribution in [1.82, 2.24) is 4.90 Å². The maximum Gasteiger partial charge on any atom is 0.226 e. The first-order valence-electron chi connectivity index (χ1n) is 8.09. The van der Waals surface area contributed by atoms with Crippen LogP contribution in [0.1, 0.15) is 38.5 Å². The fourth-order valence-electron chi connectivity index (χ4n) is 5.70. The number of carbonyl (C=O) groups is 1. The fraction of sp³-hybridized carbons (Fsp3) is 0.938. The van der Waals surface area contributed by atoms with Crippen LogP contribution >= 0.6 is 15.9 Å². The normalized spacial score (nSPS) is 47.9. The van der Waals surface area contributed by atoms with Crippen LogP contribution in [0, 0.1) is 35.5 Å². The highest BCUT2D eigenvalue weighted by atomic mass is 79.9. The number of rotatable bonds is 2. The maximum atomic E-state index is 12.9. The number of amides is 1. The van der Waals surface area contributed by atoms with Gasteiger partial charge in [-0.05, 0) is 68.1 Å². The van der Waals surface area contributed by atoms with Crippen LogP contribution in [0.4, 0.5) is 0 Å². The van der Waals surface area contributed by atoms with Gasteiger partial charge in [0.25, 0.3) is 0 Å². The highest BCUT2D eigenvalue weighted by Crippen LogP contribution is 2.57. The summed E-state index contributed by atoms with van der Waals surface area (Å²) in [4.78, 5) is 15.1. The molecule has 0 spiro atoms. The lowest BCUT2D eigenvalue weighted by Crippen LogP contribution is -2.51. The number of hydrogen-bond acceptors (Lipinski definition) is 1. The molecule has 1 heterocycles. The summed E-state index contributed by atoms with van der Waals surface area (Å²) in [6, 6.07) is 0. The molecule has 1 unspecified atom stereocenters. The van der Waals surface area contributed by atoms with E-state index in [9.17, 15) is 4.79 Å². The highest BCUT2D eigenvalue weighted by molar-refractivity contribution is 9.09. The minimum absolute atomic E-state index is 0.405. The third-order valence-electron chi connectivity index (χ3n) is 6.33. The Morgan fingerprint density at radius 3 is 2.21 bits per heavy atom. The molecule has 0 N–H and O–H groups in total. The van der Waals surface area contributed by atoms with E-state index >= 15 is 0 Å². The summed E-state index contributed by atoms with van der Waals surface area (Å²) in [6.45, 7) is 2.02. The Hall–Kier alpha value is -0.0500. The molecule has 1 saturated heterocycles. The molecule has 0 aromatic heterocycles. The molecular weight excluding hydrogens is 302 g/mol. The van der Waals surface area contributed by atoms with Crippen molar-refractivity contribution in [2.45, 2.75) is 38.5 Å². The first kappa shape index (κ1) is 12.7. The Bertz CT molecular complexity index is 355. The maximum absolute atomic E-state index is 12.9. The largest absolute Gasteiger partial charge is 0.342 e. The van der Waals surface area contributed by atoms with E-state index in [0.717, 1.165) is 42.1 Å². The van der Waals surface area contributed by atoms with Gasteiger partial charge in [-0.15, -0.1) is 0 Å². The van der Waals surface area contributed by atoms with Crippen LogP contribution in [0.2, 0.25) is 0 Å². The van der Waals surface area contributed by atoms with E-state index in [1.165, 1.54) is 38.5 Å². The second-order valence-corrected chi connectivity index (χ2v) is 8.20. The van der Waals surface area contributed by atoms with Crippen molar-refractivity contribution in [3.63, 3.8) is 0 Å². The van der Waals surface area contributed by atoms with Crippen molar-refractivity contribution in [2.75, 3.05) is 18.4 Å². The molecule has 0 radical (unpaired) electrons. The fourth-order valence-corrected chi connectivity index (χ4v) is 6.23. The minimum Gasteiger partial charge on any atom is -0.342 e. The van der Waals surface area contributed by atoms with Crippen molar-refractivity contribution in [3.8, 4) is 0 Å². The van der Waals surface area contributed by atoms with Crippen molar-refractivity contribution in [2.24, 2.45) is 35.5 Å². The lowest BCUT2D eigenvalue weighted by Gasteiger charge is -2.54. The van der Waals surface area contributed by atoms with Gasteiger partial charge in [0.1, 0.15) is 0 Å². The summed E-state index contributed by atoms with van der Waals surface area (Å²) in [5.74, 6) is 5.05. The zero-order valence-electron chi connectivity index (χ0n) is 11.6. The quantitative estimate of drug-likeness (QED) is 0.713. The minimum atomic E-state index is 0.405. The predicted molar refractivity (Wildman–Crippen MR) is 79.0 cm³/mol. The second kappa shape index (κ2) is 4.75. The van der Waals surface area contributed by atoms with E-state index in [0.29, 0.717) is 17.7 Å². The van der Waals surface area contributed by atoms with Gasteiger partial charge >= 0.3 is 0 Å². The van der Waals surface area contributed by atoms with E-state index in [2.05, 4.69) is 20.8 Å². The Morgan fingerprint density at radius 2 is 1.68 bits per heavy atom. The molecule has 2 nitrogen and oxygen atoms in total. The molecule has 1 aliphatic heterocycles. The number of alkyl halides is 1. The Labute approximate surface area is 124 Å². The van der Waals surface area contributed by atoms with Crippen molar-refractivity contribution in [3.05, 3.63) is 0 Å². The Kier molecular flexibility index (Phi) is 3.17. The van der Waals surface area contributed by atoms with Crippen LogP contribution in [-0.4, -0.2) is 29.2 Å². The van der Waals surface area contributed by atoms with Gasteiger partial charge in [-0.3, -0.25) is 4.79 Å². The zero-order valence-corrected chi connectivity index (χ0v) is 13.1. The molecule has 0 aromatic carbocycles. The lowest BCUT2D eigenvalue weighted by molar-refractivity contribution is -0.148. The molecular formula is C16H24BrNO. The van der Waals surface area contributed by atoms with Gasteiger partial charge in [0.15, 0.2) is 0 Å². The summed E-state index contributed by atoms with van der Waals surface area (Å²) in [6.07, 6.45) is 8.12. The van der Waals surface area contributed by atoms with E-state index in [1.54, 1.807) is 0 Å². The summed E-state index contributed by atoms with van der Waals surface area (Å²) >= 11 is 3.57. The summed E-state index contributed by atoms with van der Waals surface area (Å²) in [5.41, 5.74) is 0. The van der Waals surface area contributed by atoms with Gasteiger partial charge in [0.05, 0.1) is 0 Å². The molecule has 5 rings (SSSR count). The van der Waals surface area contributed by atoms with E-state index in [1.807, 2.05) is 0 Å². The average molecular weight is 326 g/mol. The third-order valence-corrected chi connectivity index (χ3v) is 7.24. The standard InChI is InChI=1S/C16H24BrNO/c17-8-10-1-2-18(9-10)16(19)15-13-4-11-3-12(6-13)7-14(15)5-11/h10-15H,1-9H2. The number of likely N-dealkylation sites (tertiary alicyclic amines) is 1. The molecule has 106 valence electrons. The van der Waals surface area contributed by atoms with Crippen LogP contribution in [-0.2, 0) is 4.79 Å². The Morgan fingerprint density at radius 1 is 1.05 bits per heavy atom. The van der Waals surface area contributed by atoms with Crippen LogP contribution in [0.3, 0.4) is 0 Å². The molecule has 5 aliphatic rings. The Balaban J connectivity index is 1.49. The molecule has 5 fully saturated rings. The highest BCUT2D eigenvalue weighted by Gasteiger charge is 2.51. The third kappa shape index (κ3) is 2.07. The summed E-state index contributed by atoms with van der Waals surface area (Å²) in [5, 5.41) is 1.05. The topological polar surface area (TPSA) is 20.3 Å². The van der Waals surface area contributed by atoms with Crippen molar-refractivity contribution >= 4 is 21.8 Å². The predicted octanol–water partition coefficient (Wildman–Crippen LogP) is 3.30. The SMILES string of the molecule is O=C(C1C2CC3CC(C2)CC1C3)N1CCC(CBr)C1. The summed E-state index contributed by atoms with van der Waals surface area (Å²) < 4.78 is 0. The molecule has 4 bridgehead atoms. The number of carbonyl (C=O) groups excluding carboxylic acids is 1. The number of nitrogens with zero attached hydrogens (tertiary/aromatic N) is 1. The van der Waals surface area contributed by atoms with Gasteiger partial charge in [0, 0.05) is 24.3 Å². The van der Waals surface area contributed by atoms with Gasteiger partial charge in [-0.2, -0.15) is 0 Å². The van der Waals surface area contributed by atoms with E-state index in [-0.39, 0.29) is 0 Å². The first-order valence-corrected chi connectivity index (χ1v) is 9.21. The number of halogens is 1. The summed E-state index contributed by atoms with van der Waals surface area (Å²) in [7, 11) is 0. The monoisotopic (exact) mass is 325 g/mol. The van der Waals surface area contributed by atoms with Crippen LogP contribution < -0.4 is 0 Å². The van der Waals surface area contributed by atoms with Gasteiger partial charge in [-0.1, -0.05) is 15.9 Å². The molecule has 1 atom stereocenters.